The molecule has 0 saturated carbocycles. The summed E-state index contributed by atoms with van der Waals surface area (Å²) >= 11 is 1.82. The summed E-state index contributed by atoms with van der Waals surface area (Å²) in [5.74, 6) is 2.18. The first kappa shape index (κ1) is 36.3. The zero-order valence-electron chi connectivity index (χ0n) is 33.0. The zero-order chi connectivity index (χ0) is 40.5. The van der Waals surface area contributed by atoms with Crippen molar-refractivity contribution in [1.29, 1.82) is 0 Å². The first-order chi connectivity index (χ1) is 30.2. The number of thiophene rings is 1. The van der Waals surface area contributed by atoms with Gasteiger partial charge in [0.15, 0.2) is 11.7 Å². The third kappa shape index (κ3) is 7.30. The highest BCUT2D eigenvalue weighted by Gasteiger charge is 2.21. The van der Waals surface area contributed by atoms with Gasteiger partial charge < -0.3 is 5.32 Å². The Morgan fingerprint density at radius 3 is 1.61 bits per heavy atom. The molecular weight excluding hydrogens is 763 g/mol. The molecule has 1 N–H and O–H groups in total. The van der Waals surface area contributed by atoms with Crippen LogP contribution in [0.4, 0.5) is 0 Å². The standard InChI is InChI=1S/C55H37N5S/c1-4-15-36(16-5-1)48-35-49(43-29-30-47-46-27-10-11-28-50(46)61-51(47)34-43)57-54(56-48)44-25-13-23-41(32-44)39-21-12-22-40(31-39)42-24-14-26-45(33-42)55-59-52(37-17-6-2-7-18-37)58-53(60-55)38-19-8-3-9-20-38/h1-35,52H,(H,58,59,60). The third-order valence-corrected chi connectivity index (χ3v) is 12.3. The van der Waals surface area contributed by atoms with Crippen LogP contribution in [0.15, 0.2) is 222 Å². The Morgan fingerprint density at radius 2 is 0.902 bits per heavy atom. The Hall–Kier alpha value is -7.80. The van der Waals surface area contributed by atoms with E-state index in [0.717, 1.165) is 72.9 Å². The summed E-state index contributed by atoms with van der Waals surface area (Å²) in [7, 11) is 0. The number of hydrogen-bond acceptors (Lipinski definition) is 6. The quantitative estimate of drug-likeness (QED) is 0.166. The third-order valence-electron chi connectivity index (χ3n) is 11.1. The summed E-state index contributed by atoms with van der Waals surface area (Å²) in [5.41, 5.74) is 12.3. The van der Waals surface area contributed by atoms with E-state index in [2.05, 4.69) is 175 Å². The lowest BCUT2D eigenvalue weighted by Gasteiger charge is -2.24. The number of hydrogen-bond donors (Lipinski definition) is 1. The number of aromatic nitrogens is 2. The van der Waals surface area contributed by atoms with Crippen LogP contribution in [0.5, 0.6) is 0 Å². The number of aliphatic imine (C=N–C) groups is 2. The monoisotopic (exact) mass is 799 g/mol. The summed E-state index contributed by atoms with van der Waals surface area (Å²) in [6, 6.07) is 74.1. The molecule has 0 spiro atoms. The van der Waals surface area contributed by atoms with Crippen LogP contribution in [-0.2, 0) is 0 Å². The SMILES string of the molecule is c1ccc(C2=NC(c3ccccc3)NC(c3cccc(-c4cccc(-c5cccc(-c6nc(-c7ccccc7)cc(-c7ccc8c(c7)sc7ccccc78)n6)c5)c4)c3)=N2)cc1. The predicted octanol–water partition coefficient (Wildman–Crippen LogP) is 13.7. The first-order valence-corrected chi connectivity index (χ1v) is 21.2. The molecule has 5 nitrogen and oxygen atoms in total. The van der Waals surface area contributed by atoms with Gasteiger partial charge in [0.2, 0.25) is 0 Å². The highest BCUT2D eigenvalue weighted by atomic mass is 32.1. The molecular formula is C55H37N5S. The number of fused-ring (bicyclic) bond motifs is 3. The fourth-order valence-electron chi connectivity index (χ4n) is 8.05. The van der Waals surface area contributed by atoms with Gasteiger partial charge in [-0.2, -0.15) is 0 Å². The van der Waals surface area contributed by atoms with Crippen LogP contribution >= 0.6 is 11.3 Å². The summed E-state index contributed by atoms with van der Waals surface area (Å²) in [6.45, 7) is 0. The van der Waals surface area contributed by atoms with Crippen LogP contribution in [0.3, 0.4) is 0 Å². The molecule has 0 bridgehead atoms. The van der Waals surface area contributed by atoms with Crippen LogP contribution in [0.2, 0.25) is 0 Å². The molecule has 288 valence electrons. The zero-order valence-corrected chi connectivity index (χ0v) is 33.8. The highest BCUT2D eigenvalue weighted by molar-refractivity contribution is 7.25. The fraction of sp³-hybridized carbons (Fsp3) is 0.0182. The van der Waals surface area contributed by atoms with Crippen LogP contribution in [-0.4, -0.2) is 21.6 Å². The van der Waals surface area contributed by atoms with E-state index in [1.165, 1.54) is 20.2 Å². The number of benzene rings is 8. The lowest BCUT2D eigenvalue weighted by Crippen LogP contribution is -2.33. The Bertz CT molecular complexity index is 3280. The second kappa shape index (κ2) is 15.8. The molecule has 1 aliphatic rings. The number of nitrogens with one attached hydrogen (secondary N) is 1. The molecule has 1 aliphatic heterocycles. The maximum Gasteiger partial charge on any atom is 0.160 e. The summed E-state index contributed by atoms with van der Waals surface area (Å²) in [5, 5.41) is 6.17. The molecule has 6 heteroatoms. The average Bonchev–Trinajstić information content (AvgIpc) is 3.73. The van der Waals surface area contributed by atoms with Gasteiger partial charge in [-0.3, -0.25) is 0 Å². The number of amidine groups is 2. The second-order valence-electron chi connectivity index (χ2n) is 15.1. The number of nitrogens with zero attached hydrogens (tertiary/aromatic N) is 4. The van der Waals surface area contributed by atoms with Crippen molar-refractivity contribution in [3.05, 3.63) is 229 Å². The van der Waals surface area contributed by atoms with E-state index in [-0.39, 0.29) is 6.17 Å². The normalized spacial score (nSPS) is 13.7. The van der Waals surface area contributed by atoms with E-state index in [9.17, 15) is 0 Å². The Morgan fingerprint density at radius 1 is 0.377 bits per heavy atom. The molecule has 10 aromatic rings. The minimum Gasteiger partial charge on any atom is -0.344 e. The van der Waals surface area contributed by atoms with E-state index in [1.54, 1.807) is 0 Å². The second-order valence-corrected chi connectivity index (χ2v) is 16.2. The van der Waals surface area contributed by atoms with Gasteiger partial charge in [-0.05, 0) is 64.2 Å². The molecule has 61 heavy (non-hydrogen) atoms. The van der Waals surface area contributed by atoms with Crippen molar-refractivity contribution in [2.24, 2.45) is 9.98 Å². The van der Waals surface area contributed by atoms with Gasteiger partial charge in [-0.15, -0.1) is 11.3 Å². The van der Waals surface area contributed by atoms with Crippen LogP contribution in [0, 0.1) is 0 Å². The van der Waals surface area contributed by atoms with Gasteiger partial charge in [0.1, 0.15) is 12.0 Å². The Kier molecular flexibility index (Phi) is 9.37. The molecule has 0 fully saturated rings. The Balaban J connectivity index is 0.938. The fourth-order valence-corrected chi connectivity index (χ4v) is 9.19. The van der Waals surface area contributed by atoms with E-state index in [4.69, 9.17) is 20.0 Å². The largest absolute Gasteiger partial charge is 0.344 e. The smallest absolute Gasteiger partial charge is 0.160 e. The van der Waals surface area contributed by atoms with E-state index >= 15 is 0 Å². The van der Waals surface area contributed by atoms with Gasteiger partial charge in [-0.1, -0.05) is 176 Å². The van der Waals surface area contributed by atoms with E-state index in [1.807, 2.05) is 53.8 Å². The lowest BCUT2D eigenvalue weighted by atomic mass is 9.96. The van der Waals surface area contributed by atoms with Gasteiger partial charge in [-0.25, -0.2) is 20.0 Å². The first-order valence-electron chi connectivity index (χ1n) is 20.4. The van der Waals surface area contributed by atoms with Crippen molar-refractivity contribution in [2.75, 3.05) is 0 Å². The summed E-state index contributed by atoms with van der Waals surface area (Å²) < 4.78 is 2.54. The molecule has 1 unspecified atom stereocenters. The van der Waals surface area contributed by atoms with Gasteiger partial charge in [0.25, 0.3) is 0 Å². The maximum absolute atomic E-state index is 5.23. The molecule has 2 aromatic heterocycles. The summed E-state index contributed by atoms with van der Waals surface area (Å²) in [4.78, 5) is 20.5. The van der Waals surface area contributed by atoms with Crippen molar-refractivity contribution in [3.8, 4) is 56.2 Å². The topological polar surface area (TPSA) is 62.5 Å². The molecule has 1 atom stereocenters. The van der Waals surface area contributed by atoms with Crippen molar-refractivity contribution in [1.82, 2.24) is 15.3 Å². The molecule has 0 radical (unpaired) electrons. The van der Waals surface area contributed by atoms with Crippen LogP contribution in [0.25, 0.3) is 76.3 Å². The minimum atomic E-state index is -0.262. The molecule has 8 aromatic carbocycles. The van der Waals surface area contributed by atoms with Crippen molar-refractivity contribution in [3.63, 3.8) is 0 Å². The molecule has 0 amide bonds. The van der Waals surface area contributed by atoms with Crippen molar-refractivity contribution < 1.29 is 0 Å². The van der Waals surface area contributed by atoms with Crippen LogP contribution < -0.4 is 5.32 Å². The van der Waals surface area contributed by atoms with Gasteiger partial charge in [0, 0.05) is 48.0 Å². The highest BCUT2D eigenvalue weighted by Crippen LogP contribution is 2.37. The number of rotatable bonds is 8. The predicted molar refractivity (Wildman–Crippen MR) is 254 cm³/mol. The van der Waals surface area contributed by atoms with Crippen LogP contribution in [0.1, 0.15) is 22.9 Å². The molecule has 0 aliphatic carbocycles. The van der Waals surface area contributed by atoms with Gasteiger partial charge >= 0.3 is 0 Å². The average molecular weight is 800 g/mol. The molecule has 11 rings (SSSR count). The summed E-state index contributed by atoms with van der Waals surface area (Å²) in [6.07, 6.45) is -0.262. The minimum absolute atomic E-state index is 0.262. The van der Waals surface area contributed by atoms with Gasteiger partial charge in [0.05, 0.1) is 11.4 Å². The van der Waals surface area contributed by atoms with E-state index < -0.39 is 0 Å². The van der Waals surface area contributed by atoms with E-state index in [0.29, 0.717) is 11.7 Å². The molecule has 3 heterocycles. The lowest BCUT2D eigenvalue weighted by molar-refractivity contribution is 0.674. The van der Waals surface area contributed by atoms with Crippen molar-refractivity contribution >= 4 is 43.2 Å². The maximum atomic E-state index is 5.23. The Labute approximate surface area is 358 Å². The molecule has 0 saturated heterocycles. The van der Waals surface area contributed by atoms with Crippen molar-refractivity contribution in [2.45, 2.75) is 6.17 Å².